The minimum absolute atomic E-state index is 0.238. The Kier molecular flexibility index (Phi) is 7.56. The van der Waals surface area contributed by atoms with Crippen molar-refractivity contribution in [2.75, 3.05) is 19.7 Å². The lowest BCUT2D eigenvalue weighted by molar-refractivity contribution is -0.133. The van der Waals surface area contributed by atoms with E-state index in [1.54, 1.807) is 0 Å². The SMILES string of the molecule is CCCC(=O)N1CC(CCCO)CC(NCc2ccccc2)C1. The zero-order valence-corrected chi connectivity index (χ0v) is 14.2. The number of carbonyl (C=O) groups excluding carboxylic acids is 1. The predicted octanol–water partition coefficient (Wildman–Crippen LogP) is 2.57. The summed E-state index contributed by atoms with van der Waals surface area (Å²) in [6.07, 6.45) is 4.45. The van der Waals surface area contributed by atoms with Gasteiger partial charge in [-0.3, -0.25) is 4.79 Å². The molecule has 1 aliphatic rings. The number of aliphatic hydroxyl groups is 1. The van der Waals surface area contributed by atoms with E-state index >= 15 is 0 Å². The fourth-order valence-corrected chi connectivity index (χ4v) is 3.37. The van der Waals surface area contributed by atoms with Crippen molar-refractivity contribution in [2.45, 2.75) is 51.6 Å². The topological polar surface area (TPSA) is 52.6 Å². The van der Waals surface area contributed by atoms with E-state index in [-0.39, 0.29) is 12.5 Å². The molecule has 2 rings (SSSR count). The molecule has 1 aromatic rings. The van der Waals surface area contributed by atoms with Crippen molar-refractivity contribution in [3.05, 3.63) is 35.9 Å². The van der Waals surface area contributed by atoms with Gasteiger partial charge in [-0.05, 0) is 37.2 Å². The Labute approximate surface area is 139 Å². The molecule has 1 fully saturated rings. The van der Waals surface area contributed by atoms with Crippen molar-refractivity contribution in [1.29, 1.82) is 0 Å². The maximum Gasteiger partial charge on any atom is 0.222 e. The highest BCUT2D eigenvalue weighted by atomic mass is 16.2. The summed E-state index contributed by atoms with van der Waals surface area (Å²) in [4.78, 5) is 14.3. The quantitative estimate of drug-likeness (QED) is 0.774. The molecule has 0 aliphatic carbocycles. The van der Waals surface area contributed by atoms with Crippen LogP contribution in [0.4, 0.5) is 0 Å². The Morgan fingerprint density at radius 1 is 1.30 bits per heavy atom. The van der Waals surface area contributed by atoms with Crippen LogP contribution in [0.15, 0.2) is 30.3 Å². The molecule has 1 aromatic carbocycles. The van der Waals surface area contributed by atoms with Gasteiger partial charge in [0.1, 0.15) is 0 Å². The summed E-state index contributed by atoms with van der Waals surface area (Å²) >= 11 is 0. The molecular formula is C19H30N2O2. The zero-order valence-electron chi connectivity index (χ0n) is 14.2. The maximum atomic E-state index is 12.3. The molecule has 1 saturated heterocycles. The average Bonchev–Trinajstić information content (AvgIpc) is 2.59. The summed E-state index contributed by atoms with van der Waals surface area (Å²) < 4.78 is 0. The highest BCUT2D eigenvalue weighted by Gasteiger charge is 2.29. The van der Waals surface area contributed by atoms with E-state index in [2.05, 4.69) is 36.5 Å². The van der Waals surface area contributed by atoms with Crippen LogP contribution in [-0.2, 0) is 11.3 Å². The molecule has 0 spiro atoms. The van der Waals surface area contributed by atoms with E-state index < -0.39 is 0 Å². The van der Waals surface area contributed by atoms with Crippen LogP contribution >= 0.6 is 0 Å². The van der Waals surface area contributed by atoms with Crippen molar-refractivity contribution >= 4 is 5.91 Å². The fraction of sp³-hybridized carbons (Fsp3) is 0.632. The van der Waals surface area contributed by atoms with Crippen LogP contribution in [0.1, 0.15) is 44.6 Å². The molecule has 23 heavy (non-hydrogen) atoms. The molecule has 2 atom stereocenters. The zero-order chi connectivity index (χ0) is 16.5. The molecule has 128 valence electrons. The molecule has 1 aliphatic heterocycles. The first-order chi connectivity index (χ1) is 11.2. The smallest absolute Gasteiger partial charge is 0.222 e. The summed E-state index contributed by atoms with van der Waals surface area (Å²) in [5.41, 5.74) is 1.27. The van der Waals surface area contributed by atoms with Crippen LogP contribution in [0.5, 0.6) is 0 Å². The number of nitrogens with one attached hydrogen (secondary N) is 1. The Morgan fingerprint density at radius 3 is 2.78 bits per heavy atom. The monoisotopic (exact) mass is 318 g/mol. The number of aliphatic hydroxyl groups excluding tert-OH is 1. The third kappa shape index (κ3) is 5.96. The Hall–Kier alpha value is -1.39. The lowest BCUT2D eigenvalue weighted by Gasteiger charge is -2.38. The maximum absolute atomic E-state index is 12.3. The second-order valence-electron chi connectivity index (χ2n) is 6.58. The fourth-order valence-electron chi connectivity index (χ4n) is 3.37. The van der Waals surface area contributed by atoms with E-state index in [9.17, 15) is 4.79 Å². The lowest BCUT2D eigenvalue weighted by atomic mass is 9.90. The van der Waals surface area contributed by atoms with Gasteiger partial charge in [0.25, 0.3) is 0 Å². The first kappa shape index (κ1) is 18.0. The van der Waals surface area contributed by atoms with Crippen LogP contribution in [-0.4, -0.2) is 41.7 Å². The van der Waals surface area contributed by atoms with Crippen LogP contribution in [0.2, 0.25) is 0 Å². The van der Waals surface area contributed by atoms with Gasteiger partial charge in [0.15, 0.2) is 0 Å². The second kappa shape index (κ2) is 9.68. The van der Waals surface area contributed by atoms with Crippen molar-refractivity contribution in [3.63, 3.8) is 0 Å². The van der Waals surface area contributed by atoms with E-state index in [0.29, 0.717) is 18.4 Å². The Morgan fingerprint density at radius 2 is 2.09 bits per heavy atom. The number of likely N-dealkylation sites (tertiary alicyclic amines) is 1. The number of rotatable bonds is 8. The molecule has 2 N–H and O–H groups in total. The van der Waals surface area contributed by atoms with E-state index in [1.807, 2.05) is 11.0 Å². The molecule has 0 radical (unpaired) electrons. The largest absolute Gasteiger partial charge is 0.396 e. The second-order valence-corrected chi connectivity index (χ2v) is 6.58. The molecule has 1 heterocycles. The average molecular weight is 318 g/mol. The highest BCUT2D eigenvalue weighted by molar-refractivity contribution is 5.76. The van der Waals surface area contributed by atoms with Gasteiger partial charge in [-0.15, -0.1) is 0 Å². The molecule has 0 saturated carbocycles. The van der Waals surface area contributed by atoms with Gasteiger partial charge in [0, 0.05) is 38.7 Å². The summed E-state index contributed by atoms with van der Waals surface area (Å²) in [6, 6.07) is 10.7. The van der Waals surface area contributed by atoms with Gasteiger partial charge in [-0.1, -0.05) is 37.3 Å². The molecular weight excluding hydrogens is 288 g/mol. The van der Waals surface area contributed by atoms with Gasteiger partial charge in [0.05, 0.1) is 0 Å². The first-order valence-electron chi connectivity index (χ1n) is 8.88. The van der Waals surface area contributed by atoms with Crippen LogP contribution in [0.25, 0.3) is 0 Å². The van der Waals surface area contributed by atoms with Crippen molar-refractivity contribution in [2.24, 2.45) is 5.92 Å². The number of piperidine rings is 1. The van der Waals surface area contributed by atoms with Gasteiger partial charge >= 0.3 is 0 Å². The standard InChI is InChI=1S/C19H30N2O2/c1-2-7-19(23)21-14-17(10-6-11-22)12-18(15-21)20-13-16-8-4-3-5-9-16/h3-5,8-9,17-18,20,22H,2,6-7,10-15H2,1H3. The third-order valence-corrected chi connectivity index (χ3v) is 4.56. The van der Waals surface area contributed by atoms with Crippen LogP contribution in [0, 0.1) is 5.92 Å². The van der Waals surface area contributed by atoms with Gasteiger partial charge in [0.2, 0.25) is 5.91 Å². The summed E-state index contributed by atoms with van der Waals surface area (Å²) in [5.74, 6) is 0.762. The summed E-state index contributed by atoms with van der Waals surface area (Å²) in [5, 5.41) is 12.7. The molecule has 2 unspecified atom stereocenters. The van der Waals surface area contributed by atoms with E-state index in [1.165, 1.54) is 5.56 Å². The minimum Gasteiger partial charge on any atom is -0.396 e. The van der Waals surface area contributed by atoms with Gasteiger partial charge < -0.3 is 15.3 Å². The van der Waals surface area contributed by atoms with Crippen molar-refractivity contribution in [1.82, 2.24) is 10.2 Å². The Balaban J connectivity index is 1.92. The van der Waals surface area contributed by atoms with Gasteiger partial charge in [-0.25, -0.2) is 0 Å². The summed E-state index contributed by atoms with van der Waals surface area (Å²) in [6.45, 7) is 4.79. The van der Waals surface area contributed by atoms with Crippen molar-refractivity contribution < 1.29 is 9.90 Å². The predicted molar refractivity (Wildman–Crippen MR) is 93.0 cm³/mol. The number of hydrogen-bond acceptors (Lipinski definition) is 3. The lowest BCUT2D eigenvalue weighted by Crippen LogP contribution is -2.51. The third-order valence-electron chi connectivity index (χ3n) is 4.56. The number of amides is 1. The number of nitrogens with zero attached hydrogens (tertiary/aromatic N) is 1. The summed E-state index contributed by atoms with van der Waals surface area (Å²) in [7, 11) is 0. The minimum atomic E-state index is 0.238. The Bertz CT molecular complexity index is 464. The molecule has 1 amide bonds. The number of hydrogen-bond donors (Lipinski definition) is 2. The number of carbonyl (C=O) groups is 1. The number of benzene rings is 1. The van der Waals surface area contributed by atoms with E-state index in [4.69, 9.17) is 5.11 Å². The molecule has 0 aromatic heterocycles. The van der Waals surface area contributed by atoms with Gasteiger partial charge in [-0.2, -0.15) is 0 Å². The van der Waals surface area contributed by atoms with Crippen LogP contribution in [0.3, 0.4) is 0 Å². The highest BCUT2D eigenvalue weighted by Crippen LogP contribution is 2.22. The molecule has 4 heteroatoms. The first-order valence-corrected chi connectivity index (χ1v) is 8.88. The van der Waals surface area contributed by atoms with Crippen molar-refractivity contribution in [3.8, 4) is 0 Å². The molecule has 4 nitrogen and oxygen atoms in total. The molecule has 0 bridgehead atoms. The van der Waals surface area contributed by atoms with E-state index in [0.717, 1.165) is 45.3 Å². The van der Waals surface area contributed by atoms with Crippen LogP contribution < -0.4 is 5.32 Å². The normalized spacial score (nSPS) is 21.4.